The smallest absolute Gasteiger partial charge is 0.260 e. The Hall–Kier alpha value is -1.62. The Balaban J connectivity index is 2.54. The van der Waals surface area contributed by atoms with Crippen molar-refractivity contribution in [3.05, 3.63) is 30.1 Å². The van der Waals surface area contributed by atoms with Crippen LogP contribution < -0.4 is 10.1 Å². The van der Waals surface area contributed by atoms with Crippen molar-refractivity contribution in [1.29, 1.82) is 0 Å². The molecule has 16 heavy (non-hydrogen) atoms. The zero-order valence-electron chi connectivity index (χ0n) is 8.94. The molecular formula is C11H14FNO3. The fourth-order valence-electron chi connectivity index (χ4n) is 1.11. The summed E-state index contributed by atoms with van der Waals surface area (Å²) in [4.78, 5) is 11.3. The molecule has 0 aromatic heterocycles. The van der Waals surface area contributed by atoms with Crippen LogP contribution in [0.25, 0.3) is 0 Å². The van der Waals surface area contributed by atoms with E-state index in [-0.39, 0.29) is 18.9 Å². The average molecular weight is 227 g/mol. The number of ether oxygens (including phenoxy) is 1. The lowest BCUT2D eigenvalue weighted by Gasteiger charge is -2.14. The molecule has 0 aliphatic rings. The van der Waals surface area contributed by atoms with E-state index < -0.39 is 17.8 Å². The maximum Gasteiger partial charge on any atom is 0.260 e. The van der Waals surface area contributed by atoms with E-state index in [0.29, 0.717) is 0 Å². The van der Waals surface area contributed by atoms with E-state index in [2.05, 4.69) is 5.32 Å². The molecule has 5 heteroatoms. The van der Waals surface area contributed by atoms with Crippen LogP contribution in [-0.4, -0.2) is 30.3 Å². The van der Waals surface area contributed by atoms with Crippen molar-refractivity contribution in [3.8, 4) is 5.75 Å². The summed E-state index contributed by atoms with van der Waals surface area (Å²) in [5.41, 5.74) is 0. The van der Waals surface area contributed by atoms with Crippen LogP contribution in [0.5, 0.6) is 5.75 Å². The van der Waals surface area contributed by atoms with Gasteiger partial charge < -0.3 is 15.2 Å². The Bertz CT molecular complexity index is 357. The third kappa shape index (κ3) is 3.51. The van der Waals surface area contributed by atoms with Gasteiger partial charge in [0.15, 0.2) is 17.7 Å². The summed E-state index contributed by atoms with van der Waals surface area (Å²) in [6.07, 6.45) is -0.802. The molecule has 0 spiro atoms. The number of halogens is 1. The molecule has 4 nitrogen and oxygen atoms in total. The van der Waals surface area contributed by atoms with E-state index in [4.69, 9.17) is 9.84 Å². The maximum absolute atomic E-state index is 13.2. The van der Waals surface area contributed by atoms with Crippen molar-refractivity contribution in [1.82, 2.24) is 5.32 Å². The second kappa shape index (κ2) is 6.07. The lowest BCUT2D eigenvalue weighted by atomic mass is 10.3. The molecule has 1 rings (SSSR count). The van der Waals surface area contributed by atoms with Crippen LogP contribution in [-0.2, 0) is 4.79 Å². The van der Waals surface area contributed by atoms with Gasteiger partial charge in [-0.1, -0.05) is 12.1 Å². The highest BCUT2D eigenvalue weighted by Gasteiger charge is 2.15. The molecule has 0 aliphatic carbocycles. The second-order valence-electron chi connectivity index (χ2n) is 3.21. The minimum atomic E-state index is -0.802. The molecule has 0 aliphatic heterocycles. The fourth-order valence-corrected chi connectivity index (χ4v) is 1.11. The van der Waals surface area contributed by atoms with E-state index in [9.17, 15) is 9.18 Å². The predicted octanol–water partition coefficient (Wildman–Crippen LogP) is 0.702. The number of nitrogens with one attached hydrogen (secondary N) is 1. The maximum atomic E-state index is 13.2. The number of amides is 1. The summed E-state index contributed by atoms with van der Waals surface area (Å²) in [5, 5.41) is 11.0. The summed E-state index contributed by atoms with van der Waals surface area (Å²) in [6.45, 7) is 1.53. The van der Waals surface area contributed by atoms with Crippen molar-refractivity contribution < 1.29 is 19.0 Å². The molecule has 0 bridgehead atoms. The molecule has 0 radical (unpaired) electrons. The number of carbonyl (C=O) groups is 1. The Kier molecular flexibility index (Phi) is 4.72. The average Bonchev–Trinajstić information content (AvgIpc) is 2.28. The van der Waals surface area contributed by atoms with Crippen molar-refractivity contribution in [3.63, 3.8) is 0 Å². The van der Waals surface area contributed by atoms with Crippen LogP contribution in [0.3, 0.4) is 0 Å². The van der Waals surface area contributed by atoms with Crippen LogP contribution >= 0.6 is 0 Å². The molecule has 2 N–H and O–H groups in total. The standard InChI is InChI=1S/C11H14FNO3/c1-8(11(15)13-6-7-14)16-10-5-3-2-4-9(10)12/h2-5,8,14H,6-7H2,1H3,(H,13,15). The van der Waals surface area contributed by atoms with Gasteiger partial charge in [0.25, 0.3) is 5.91 Å². The normalized spacial score (nSPS) is 11.9. The second-order valence-corrected chi connectivity index (χ2v) is 3.21. The zero-order chi connectivity index (χ0) is 12.0. The monoisotopic (exact) mass is 227 g/mol. The molecule has 1 amide bonds. The van der Waals surface area contributed by atoms with Gasteiger partial charge in [0.2, 0.25) is 0 Å². The molecule has 1 aromatic carbocycles. The van der Waals surface area contributed by atoms with Crippen LogP contribution in [0.2, 0.25) is 0 Å². The summed E-state index contributed by atoms with van der Waals surface area (Å²) in [6, 6.07) is 5.87. The third-order valence-corrected chi connectivity index (χ3v) is 1.92. The molecular weight excluding hydrogens is 213 g/mol. The SMILES string of the molecule is CC(Oc1ccccc1F)C(=O)NCCO. The summed E-state index contributed by atoms with van der Waals surface area (Å²) in [7, 11) is 0. The van der Waals surface area contributed by atoms with Gasteiger partial charge >= 0.3 is 0 Å². The van der Waals surface area contributed by atoms with Crippen LogP contribution in [0, 0.1) is 5.82 Å². The van der Waals surface area contributed by atoms with E-state index in [1.807, 2.05) is 0 Å². The minimum Gasteiger partial charge on any atom is -0.478 e. The zero-order valence-corrected chi connectivity index (χ0v) is 8.94. The Labute approximate surface area is 93.0 Å². The van der Waals surface area contributed by atoms with Crippen LogP contribution in [0.1, 0.15) is 6.92 Å². The first kappa shape index (κ1) is 12.4. The first-order valence-electron chi connectivity index (χ1n) is 4.95. The number of hydrogen-bond donors (Lipinski definition) is 2. The van der Waals surface area contributed by atoms with Gasteiger partial charge in [-0.15, -0.1) is 0 Å². The Morgan fingerprint density at radius 1 is 1.56 bits per heavy atom. The number of rotatable bonds is 5. The van der Waals surface area contributed by atoms with Gasteiger partial charge in [-0.3, -0.25) is 4.79 Å². The predicted molar refractivity (Wildman–Crippen MR) is 56.6 cm³/mol. The van der Waals surface area contributed by atoms with Crippen molar-refractivity contribution in [2.75, 3.05) is 13.2 Å². The molecule has 1 aromatic rings. The van der Waals surface area contributed by atoms with E-state index in [0.717, 1.165) is 0 Å². The summed E-state index contributed by atoms with van der Waals surface area (Å²) < 4.78 is 18.3. The first-order chi connectivity index (χ1) is 7.65. The number of benzene rings is 1. The van der Waals surface area contributed by atoms with E-state index >= 15 is 0 Å². The molecule has 88 valence electrons. The molecule has 1 unspecified atom stereocenters. The van der Waals surface area contributed by atoms with Gasteiger partial charge in [-0.25, -0.2) is 4.39 Å². The van der Waals surface area contributed by atoms with Gasteiger partial charge in [0, 0.05) is 6.54 Å². The van der Waals surface area contributed by atoms with Crippen molar-refractivity contribution >= 4 is 5.91 Å². The first-order valence-corrected chi connectivity index (χ1v) is 4.95. The number of aliphatic hydroxyl groups excluding tert-OH is 1. The quantitative estimate of drug-likeness (QED) is 0.778. The Morgan fingerprint density at radius 2 is 2.25 bits per heavy atom. The molecule has 1 atom stereocenters. The lowest BCUT2D eigenvalue weighted by Crippen LogP contribution is -2.37. The van der Waals surface area contributed by atoms with E-state index in [1.54, 1.807) is 12.1 Å². The third-order valence-electron chi connectivity index (χ3n) is 1.92. The van der Waals surface area contributed by atoms with Crippen molar-refractivity contribution in [2.24, 2.45) is 0 Å². The highest BCUT2D eigenvalue weighted by Crippen LogP contribution is 2.16. The van der Waals surface area contributed by atoms with Crippen LogP contribution in [0.4, 0.5) is 4.39 Å². The molecule has 0 fully saturated rings. The van der Waals surface area contributed by atoms with E-state index in [1.165, 1.54) is 19.1 Å². The minimum absolute atomic E-state index is 0.0362. The van der Waals surface area contributed by atoms with Gasteiger partial charge in [-0.2, -0.15) is 0 Å². The topological polar surface area (TPSA) is 58.6 Å². The fraction of sp³-hybridized carbons (Fsp3) is 0.364. The number of hydrogen-bond acceptors (Lipinski definition) is 3. The van der Waals surface area contributed by atoms with Gasteiger partial charge in [0.1, 0.15) is 0 Å². The summed E-state index contributed by atoms with van der Waals surface area (Å²) >= 11 is 0. The Morgan fingerprint density at radius 3 is 2.88 bits per heavy atom. The van der Waals surface area contributed by atoms with Gasteiger partial charge in [0.05, 0.1) is 6.61 Å². The lowest BCUT2D eigenvalue weighted by molar-refractivity contribution is -0.127. The highest BCUT2D eigenvalue weighted by molar-refractivity contribution is 5.80. The molecule has 0 heterocycles. The number of carbonyl (C=O) groups excluding carboxylic acids is 1. The number of aliphatic hydroxyl groups is 1. The van der Waals surface area contributed by atoms with Crippen molar-refractivity contribution in [2.45, 2.75) is 13.0 Å². The van der Waals surface area contributed by atoms with Gasteiger partial charge in [-0.05, 0) is 19.1 Å². The largest absolute Gasteiger partial charge is 0.478 e. The number of para-hydroxylation sites is 1. The molecule has 0 saturated carbocycles. The summed E-state index contributed by atoms with van der Waals surface area (Å²) in [5.74, 6) is -0.865. The van der Waals surface area contributed by atoms with Crippen LogP contribution in [0.15, 0.2) is 24.3 Å². The highest BCUT2D eigenvalue weighted by atomic mass is 19.1. The molecule has 0 saturated heterocycles.